The van der Waals surface area contributed by atoms with Gasteiger partial charge in [-0.05, 0) is 52.4 Å². The predicted octanol–water partition coefficient (Wildman–Crippen LogP) is 2.81. The molecule has 2 aliphatic rings. The molecule has 18 heavy (non-hydrogen) atoms. The van der Waals surface area contributed by atoms with Crippen LogP contribution in [0.15, 0.2) is 0 Å². The summed E-state index contributed by atoms with van der Waals surface area (Å²) in [7, 11) is 0. The average Bonchev–Trinajstić information content (AvgIpc) is 3.08. The van der Waals surface area contributed by atoms with Crippen molar-refractivity contribution >= 4 is 6.09 Å². The van der Waals surface area contributed by atoms with Gasteiger partial charge in [0.2, 0.25) is 0 Å². The molecule has 4 heteroatoms. The fourth-order valence-electron chi connectivity index (χ4n) is 2.39. The summed E-state index contributed by atoms with van der Waals surface area (Å²) in [4.78, 5) is 13.7. The second-order valence-corrected chi connectivity index (χ2v) is 6.44. The summed E-state index contributed by atoms with van der Waals surface area (Å²) in [6.45, 7) is 8.36. The summed E-state index contributed by atoms with van der Waals surface area (Å²) in [6, 6.07) is 0. The SMILES string of the molecule is CC(C)(C)OC(=O)N1CCC(CCC2CO2)CC1. The molecule has 2 saturated heterocycles. The predicted molar refractivity (Wildman–Crippen MR) is 69.5 cm³/mol. The van der Waals surface area contributed by atoms with Crippen molar-refractivity contribution in [1.82, 2.24) is 4.90 Å². The summed E-state index contributed by atoms with van der Waals surface area (Å²) in [6.07, 6.45) is 5.02. The average molecular weight is 255 g/mol. The lowest BCUT2D eigenvalue weighted by atomic mass is 9.92. The fraction of sp³-hybridized carbons (Fsp3) is 0.929. The van der Waals surface area contributed by atoms with Crippen molar-refractivity contribution in [3.8, 4) is 0 Å². The van der Waals surface area contributed by atoms with Gasteiger partial charge in [0.05, 0.1) is 12.7 Å². The van der Waals surface area contributed by atoms with Crippen LogP contribution >= 0.6 is 0 Å². The van der Waals surface area contributed by atoms with Gasteiger partial charge in [0.1, 0.15) is 5.60 Å². The first kappa shape index (κ1) is 13.7. The molecule has 2 fully saturated rings. The molecule has 1 atom stereocenters. The van der Waals surface area contributed by atoms with Crippen LogP contribution in [0.2, 0.25) is 0 Å². The first-order valence-electron chi connectivity index (χ1n) is 7.03. The van der Waals surface area contributed by atoms with E-state index < -0.39 is 5.60 Å². The molecule has 0 N–H and O–H groups in total. The van der Waals surface area contributed by atoms with Gasteiger partial charge in [0, 0.05) is 13.1 Å². The number of carbonyl (C=O) groups excluding carboxylic acids is 1. The van der Waals surface area contributed by atoms with Crippen molar-refractivity contribution in [3.05, 3.63) is 0 Å². The number of likely N-dealkylation sites (tertiary alicyclic amines) is 1. The van der Waals surface area contributed by atoms with Gasteiger partial charge in [-0.15, -0.1) is 0 Å². The largest absolute Gasteiger partial charge is 0.444 e. The molecule has 0 saturated carbocycles. The van der Waals surface area contributed by atoms with Crippen molar-refractivity contribution in [3.63, 3.8) is 0 Å². The molecule has 2 aliphatic heterocycles. The smallest absolute Gasteiger partial charge is 0.410 e. The Kier molecular flexibility index (Phi) is 4.15. The minimum atomic E-state index is -0.392. The third kappa shape index (κ3) is 4.48. The van der Waals surface area contributed by atoms with Crippen LogP contribution in [-0.4, -0.2) is 42.4 Å². The summed E-state index contributed by atoms with van der Waals surface area (Å²) >= 11 is 0. The zero-order valence-electron chi connectivity index (χ0n) is 11.8. The highest BCUT2D eigenvalue weighted by molar-refractivity contribution is 5.68. The number of rotatable bonds is 3. The van der Waals surface area contributed by atoms with Gasteiger partial charge in [-0.2, -0.15) is 0 Å². The van der Waals surface area contributed by atoms with Crippen LogP contribution in [0.3, 0.4) is 0 Å². The van der Waals surface area contributed by atoms with E-state index >= 15 is 0 Å². The molecular weight excluding hydrogens is 230 g/mol. The molecule has 0 bridgehead atoms. The Bertz CT molecular complexity index is 286. The maximum absolute atomic E-state index is 11.9. The zero-order chi connectivity index (χ0) is 13.2. The standard InChI is InChI=1S/C14H25NO3/c1-14(2,3)18-13(16)15-8-6-11(7-9-15)4-5-12-10-17-12/h11-12H,4-10H2,1-3H3. The molecular formula is C14H25NO3. The summed E-state index contributed by atoms with van der Waals surface area (Å²) < 4.78 is 10.6. The van der Waals surface area contributed by atoms with Crippen LogP contribution in [0, 0.1) is 5.92 Å². The lowest BCUT2D eigenvalue weighted by Crippen LogP contribution is -2.41. The monoisotopic (exact) mass is 255 g/mol. The number of amides is 1. The zero-order valence-corrected chi connectivity index (χ0v) is 11.8. The molecule has 4 nitrogen and oxygen atoms in total. The number of epoxide rings is 1. The van der Waals surface area contributed by atoms with Crippen LogP contribution < -0.4 is 0 Å². The first-order valence-corrected chi connectivity index (χ1v) is 7.03. The van der Waals surface area contributed by atoms with Gasteiger partial charge in [-0.25, -0.2) is 4.79 Å². The van der Waals surface area contributed by atoms with E-state index in [0.717, 1.165) is 38.5 Å². The summed E-state index contributed by atoms with van der Waals surface area (Å²) in [5, 5.41) is 0. The van der Waals surface area contributed by atoms with E-state index in [1.807, 2.05) is 25.7 Å². The minimum absolute atomic E-state index is 0.161. The molecule has 0 aromatic heterocycles. The number of hydrogen-bond donors (Lipinski definition) is 0. The maximum atomic E-state index is 11.9. The van der Waals surface area contributed by atoms with Crippen molar-refractivity contribution in [1.29, 1.82) is 0 Å². The van der Waals surface area contributed by atoms with E-state index in [1.165, 1.54) is 12.8 Å². The van der Waals surface area contributed by atoms with Gasteiger partial charge in [-0.3, -0.25) is 0 Å². The lowest BCUT2D eigenvalue weighted by molar-refractivity contribution is 0.0180. The second kappa shape index (κ2) is 5.47. The number of ether oxygens (including phenoxy) is 2. The molecule has 1 amide bonds. The van der Waals surface area contributed by atoms with Crippen molar-refractivity contribution in [2.24, 2.45) is 5.92 Å². The van der Waals surface area contributed by atoms with Crippen LogP contribution in [0.1, 0.15) is 46.5 Å². The normalized spacial score (nSPS) is 25.1. The third-order valence-electron chi connectivity index (χ3n) is 3.57. The Morgan fingerprint density at radius 3 is 2.39 bits per heavy atom. The Balaban J connectivity index is 1.67. The molecule has 0 aromatic rings. The van der Waals surface area contributed by atoms with E-state index in [-0.39, 0.29) is 6.09 Å². The van der Waals surface area contributed by atoms with Gasteiger partial charge in [0.25, 0.3) is 0 Å². The Labute approximate surface area is 110 Å². The minimum Gasteiger partial charge on any atom is -0.444 e. The van der Waals surface area contributed by atoms with Gasteiger partial charge in [0.15, 0.2) is 0 Å². The van der Waals surface area contributed by atoms with Gasteiger partial charge in [-0.1, -0.05) is 0 Å². The second-order valence-electron chi connectivity index (χ2n) is 6.44. The summed E-state index contributed by atoms with van der Waals surface area (Å²) in [5.74, 6) is 0.757. The Morgan fingerprint density at radius 1 is 1.28 bits per heavy atom. The quantitative estimate of drug-likeness (QED) is 0.728. The number of carbonyl (C=O) groups is 1. The molecule has 104 valence electrons. The summed E-state index contributed by atoms with van der Waals surface area (Å²) in [5.41, 5.74) is -0.392. The lowest BCUT2D eigenvalue weighted by Gasteiger charge is -2.33. The van der Waals surface area contributed by atoms with Crippen molar-refractivity contribution in [2.45, 2.75) is 58.2 Å². The van der Waals surface area contributed by atoms with E-state index in [4.69, 9.17) is 9.47 Å². The van der Waals surface area contributed by atoms with Crippen LogP contribution in [0.25, 0.3) is 0 Å². The molecule has 2 rings (SSSR count). The van der Waals surface area contributed by atoms with Crippen molar-refractivity contribution in [2.75, 3.05) is 19.7 Å². The number of hydrogen-bond acceptors (Lipinski definition) is 3. The highest BCUT2D eigenvalue weighted by Gasteiger charge is 2.28. The van der Waals surface area contributed by atoms with Crippen LogP contribution in [-0.2, 0) is 9.47 Å². The molecule has 0 aliphatic carbocycles. The third-order valence-corrected chi connectivity index (χ3v) is 3.57. The fourth-order valence-corrected chi connectivity index (χ4v) is 2.39. The topological polar surface area (TPSA) is 42.1 Å². The highest BCUT2D eigenvalue weighted by Crippen LogP contribution is 2.26. The molecule has 1 unspecified atom stereocenters. The van der Waals surface area contributed by atoms with Crippen LogP contribution in [0.4, 0.5) is 4.79 Å². The van der Waals surface area contributed by atoms with E-state index in [0.29, 0.717) is 6.10 Å². The van der Waals surface area contributed by atoms with E-state index in [2.05, 4.69) is 0 Å². The Hall–Kier alpha value is -0.770. The Morgan fingerprint density at radius 2 is 1.89 bits per heavy atom. The number of piperidine rings is 1. The van der Waals surface area contributed by atoms with E-state index in [9.17, 15) is 4.79 Å². The molecule has 0 radical (unpaired) electrons. The maximum Gasteiger partial charge on any atom is 0.410 e. The van der Waals surface area contributed by atoms with Crippen molar-refractivity contribution < 1.29 is 14.3 Å². The van der Waals surface area contributed by atoms with Gasteiger partial charge >= 0.3 is 6.09 Å². The first-order chi connectivity index (χ1) is 8.44. The highest BCUT2D eigenvalue weighted by atomic mass is 16.6. The number of nitrogens with zero attached hydrogens (tertiary/aromatic N) is 1. The molecule has 0 aromatic carbocycles. The molecule has 2 heterocycles. The molecule has 0 spiro atoms. The van der Waals surface area contributed by atoms with Gasteiger partial charge < -0.3 is 14.4 Å². The van der Waals surface area contributed by atoms with E-state index in [1.54, 1.807) is 0 Å². The van der Waals surface area contributed by atoms with Crippen LogP contribution in [0.5, 0.6) is 0 Å².